The number of tetrazole rings is 1. The number of hydrogen-bond donors (Lipinski definition) is 2. The van der Waals surface area contributed by atoms with Gasteiger partial charge in [0.25, 0.3) is 0 Å². The Kier molecular flexibility index (Phi) is 4.98. The summed E-state index contributed by atoms with van der Waals surface area (Å²) in [5.74, 6) is -1.86. The van der Waals surface area contributed by atoms with Gasteiger partial charge in [0.05, 0.1) is 31.1 Å². The van der Waals surface area contributed by atoms with Crippen LogP contribution in [0.15, 0.2) is 15.8 Å². The van der Waals surface area contributed by atoms with E-state index in [1.54, 1.807) is 0 Å². The molecule has 3 heterocycles. The standard InChI is InChI=1S/C13H14N6O4S2/c1-6(20)8-10(21)19-9(12(22)23)7(25-11(8)19)5-24-13-15-16-17-18(13)4-2-3-14/h6,8,11,20H,2,4-5H2,1H3,(H,22,23)/t6-,8+,11-/m1/s1. The fourth-order valence-corrected chi connectivity index (χ4v) is 5.29. The fourth-order valence-electron chi connectivity index (χ4n) is 2.68. The molecule has 132 valence electrons. The Balaban J connectivity index is 1.74. The number of fused-ring (bicyclic) bond motifs is 1. The van der Waals surface area contributed by atoms with Crippen molar-refractivity contribution in [1.29, 1.82) is 5.26 Å². The van der Waals surface area contributed by atoms with E-state index >= 15 is 0 Å². The Morgan fingerprint density at radius 3 is 2.96 bits per heavy atom. The van der Waals surface area contributed by atoms with Crippen LogP contribution in [0.25, 0.3) is 0 Å². The van der Waals surface area contributed by atoms with Gasteiger partial charge < -0.3 is 10.2 Å². The van der Waals surface area contributed by atoms with Crippen molar-refractivity contribution >= 4 is 35.4 Å². The van der Waals surface area contributed by atoms with E-state index in [0.717, 1.165) is 0 Å². The number of nitrogens with zero attached hydrogens (tertiary/aromatic N) is 6. The van der Waals surface area contributed by atoms with Crippen LogP contribution in [0.5, 0.6) is 0 Å². The average Bonchev–Trinajstić information content (AvgIpc) is 3.12. The highest BCUT2D eigenvalue weighted by Gasteiger charge is 2.57. The van der Waals surface area contributed by atoms with E-state index < -0.39 is 18.0 Å². The molecule has 1 amide bonds. The third-order valence-electron chi connectivity index (χ3n) is 3.84. The molecule has 0 radical (unpaired) electrons. The molecule has 2 N–H and O–H groups in total. The summed E-state index contributed by atoms with van der Waals surface area (Å²) in [5.41, 5.74) is -0.0413. The van der Waals surface area contributed by atoms with E-state index in [0.29, 0.717) is 16.6 Å². The lowest BCUT2D eigenvalue weighted by Crippen LogP contribution is -2.60. The first-order valence-corrected chi connectivity index (χ1v) is 9.22. The molecule has 1 aromatic rings. The molecule has 2 aliphatic rings. The molecule has 25 heavy (non-hydrogen) atoms. The van der Waals surface area contributed by atoms with Crippen molar-refractivity contribution in [2.45, 2.75) is 36.5 Å². The van der Waals surface area contributed by atoms with E-state index in [2.05, 4.69) is 15.5 Å². The number of carbonyl (C=O) groups is 2. The van der Waals surface area contributed by atoms with Crippen LogP contribution in [0.1, 0.15) is 13.3 Å². The highest BCUT2D eigenvalue weighted by molar-refractivity contribution is 8.06. The topological polar surface area (TPSA) is 145 Å². The van der Waals surface area contributed by atoms with Crippen LogP contribution in [0.3, 0.4) is 0 Å². The fraction of sp³-hybridized carbons (Fsp3) is 0.538. The number of hydrogen-bond acceptors (Lipinski definition) is 9. The predicted octanol–water partition coefficient (Wildman–Crippen LogP) is -0.113. The zero-order valence-electron chi connectivity index (χ0n) is 13.1. The van der Waals surface area contributed by atoms with Crippen molar-refractivity contribution in [2.24, 2.45) is 5.92 Å². The van der Waals surface area contributed by atoms with Gasteiger partial charge in [0, 0.05) is 10.7 Å². The van der Waals surface area contributed by atoms with Gasteiger partial charge in [-0.3, -0.25) is 9.69 Å². The number of β-lactam (4-membered cyclic amide) rings is 1. The van der Waals surface area contributed by atoms with Crippen molar-refractivity contribution < 1.29 is 19.8 Å². The first kappa shape index (κ1) is 17.7. The summed E-state index contributed by atoms with van der Waals surface area (Å²) >= 11 is 2.52. The SMILES string of the molecule is C[C@@H](O)[C@H]1C(=O)N2C(C(=O)O)=C(CSc3nnnn3CCC#N)S[C@H]12. The molecule has 0 saturated carbocycles. The normalized spacial score (nSPS) is 23.2. The molecular weight excluding hydrogens is 368 g/mol. The zero-order valence-corrected chi connectivity index (χ0v) is 14.7. The van der Waals surface area contributed by atoms with Crippen molar-refractivity contribution in [1.82, 2.24) is 25.1 Å². The summed E-state index contributed by atoms with van der Waals surface area (Å²) in [4.78, 5) is 25.5. The van der Waals surface area contributed by atoms with Crippen molar-refractivity contribution in [3.63, 3.8) is 0 Å². The number of nitriles is 1. The van der Waals surface area contributed by atoms with E-state index in [-0.39, 0.29) is 29.2 Å². The van der Waals surface area contributed by atoms with E-state index in [1.165, 1.54) is 40.0 Å². The van der Waals surface area contributed by atoms with E-state index in [1.807, 2.05) is 6.07 Å². The van der Waals surface area contributed by atoms with Gasteiger partial charge in [0.15, 0.2) is 0 Å². The van der Waals surface area contributed by atoms with Crippen LogP contribution in [-0.4, -0.2) is 64.4 Å². The summed E-state index contributed by atoms with van der Waals surface area (Å²) in [6.07, 6.45) is -0.571. The predicted molar refractivity (Wildman–Crippen MR) is 86.8 cm³/mol. The number of aliphatic carboxylic acids is 1. The second kappa shape index (κ2) is 7.03. The lowest BCUT2D eigenvalue weighted by atomic mass is 9.92. The molecule has 0 aromatic carbocycles. The maximum absolute atomic E-state index is 12.1. The summed E-state index contributed by atoms with van der Waals surface area (Å²) in [6.45, 7) is 1.87. The number of amides is 1. The number of carboxylic acids is 1. The van der Waals surface area contributed by atoms with Gasteiger partial charge >= 0.3 is 5.97 Å². The van der Waals surface area contributed by atoms with Crippen LogP contribution in [0.2, 0.25) is 0 Å². The van der Waals surface area contributed by atoms with Crippen LogP contribution in [-0.2, 0) is 16.1 Å². The Bertz CT molecular complexity index is 786. The highest BCUT2D eigenvalue weighted by atomic mass is 32.2. The first-order valence-electron chi connectivity index (χ1n) is 7.35. The van der Waals surface area contributed by atoms with Crippen molar-refractivity contribution in [3.05, 3.63) is 10.6 Å². The Labute approximate surface area is 150 Å². The molecular formula is C13H14N6O4S2. The number of thioether (sulfide) groups is 2. The molecule has 3 atom stereocenters. The summed E-state index contributed by atoms with van der Waals surface area (Å²) in [7, 11) is 0. The van der Waals surface area contributed by atoms with Crippen LogP contribution >= 0.6 is 23.5 Å². The Morgan fingerprint density at radius 2 is 2.32 bits per heavy atom. The number of rotatable bonds is 7. The second-order valence-electron chi connectivity index (χ2n) is 5.44. The number of aromatic nitrogens is 4. The molecule has 1 saturated heterocycles. The smallest absolute Gasteiger partial charge is 0.353 e. The molecule has 1 aromatic heterocycles. The quantitative estimate of drug-likeness (QED) is 0.483. The minimum Gasteiger partial charge on any atom is -0.477 e. The number of carboxylic acid groups (broad SMARTS) is 1. The van der Waals surface area contributed by atoms with Crippen molar-refractivity contribution in [2.75, 3.05) is 5.75 Å². The molecule has 0 aliphatic carbocycles. The minimum absolute atomic E-state index is 0.0413. The molecule has 0 bridgehead atoms. The van der Waals surface area contributed by atoms with Gasteiger partial charge in [-0.15, -0.1) is 16.9 Å². The van der Waals surface area contributed by atoms with Crippen LogP contribution in [0.4, 0.5) is 0 Å². The van der Waals surface area contributed by atoms with Gasteiger partial charge in [-0.1, -0.05) is 11.8 Å². The largest absolute Gasteiger partial charge is 0.477 e. The molecule has 3 rings (SSSR count). The van der Waals surface area contributed by atoms with Gasteiger partial charge in [0.2, 0.25) is 11.1 Å². The number of aliphatic hydroxyl groups excluding tert-OH is 1. The highest BCUT2D eigenvalue weighted by Crippen LogP contribution is 2.51. The van der Waals surface area contributed by atoms with Crippen molar-refractivity contribution in [3.8, 4) is 6.07 Å². The monoisotopic (exact) mass is 382 g/mol. The Hall–Kier alpha value is -2.10. The molecule has 2 aliphatic heterocycles. The third-order valence-corrected chi connectivity index (χ3v) is 6.38. The van der Waals surface area contributed by atoms with Gasteiger partial charge in [-0.25, -0.2) is 9.48 Å². The number of aryl methyl sites for hydroxylation is 1. The number of carbonyl (C=O) groups excluding carboxylic acids is 1. The average molecular weight is 382 g/mol. The summed E-state index contributed by atoms with van der Waals surface area (Å²) < 4.78 is 1.48. The van der Waals surface area contributed by atoms with E-state index in [4.69, 9.17) is 5.26 Å². The summed E-state index contributed by atoms with van der Waals surface area (Å²) in [6, 6.07) is 2.01. The lowest BCUT2D eigenvalue weighted by molar-refractivity contribution is -0.156. The van der Waals surface area contributed by atoms with Gasteiger partial charge in [-0.2, -0.15) is 5.26 Å². The molecule has 0 unspecified atom stereocenters. The van der Waals surface area contributed by atoms with Gasteiger partial charge in [-0.05, 0) is 17.4 Å². The van der Waals surface area contributed by atoms with Crippen LogP contribution < -0.4 is 0 Å². The third kappa shape index (κ3) is 3.10. The maximum atomic E-state index is 12.1. The molecule has 0 spiro atoms. The summed E-state index contributed by atoms with van der Waals surface area (Å²) in [5, 5.41) is 39.1. The first-order chi connectivity index (χ1) is 12.0. The molecule has 10 nitrogen and oxygen atoms in total. The van der Waals surface area contributed by atoms with Crippen LogP contribution in [0, 0.1) is 17.2 Å². The second-order valence-corrected chi connectivity index (χ2v) is 7.60. The van der Waals surface area contributed by atoms with Gasteiger partial charge in [0.1, 0.15) is 11.1 Å². The maximum Gasteiger partial charge on any atom is 0.353 e. The Morgan fingerprint density at radius 1 is 1.56 bits per heavy atom. The molecule has 1 fully saturated rings. The molecule has 12 heteroatoms. The van der Waals surface area contributed by atoms with E-state index in [9.17, 15) is 19.8 Å². The number of aliphatic hydroxyl groups is 1. The lowest BCUT2D eigenvalue weighted by Gasteiger charge is -2.43. The minimum atomic E-state index is -1.17. The zero-order chi connectivity index (χ0) is 18.1.